The van der Waals surface area contributed by atoms with E-state index in [0.29, 0.717) is 17.5 Å². The summed E-state index contributed by atoms with van der Waals surface area (Å²) in [4.78, 5) is 42.7. The van der Waals surface area contributed by atoms with Crippen LogP contribution in [0.2, 0.25) is 0 Å². The molecule has 0 saturated carbocycles. The van der Waals surface area contributed by atoms with Gasteiger partial charge in [-0.1, -0.05) is 36.4 Å². The highest BCUT2D eigenvalue weighted by Crippen LogP contribution is 2.36. The smallest absolute Gasteiger partial charge is 0.282 e. The standard InChI is InChI=1S/C23H17N3O3/c1-24-22(28)19-13-16(12-11-15(19)14-27)25-21-18-9-5-6-10-20(18)26(23(21)29)17-7-3-2-4-8-17/h2-14H,1H3,(H,24,28)/b25-21-. The molecule has 0 radical (unpaired) electrons. The number of rotatable bonds is 4. The molecule has 4 rings (SSSR count). The minimum absolute atomic E-state index is 0.211. The number of hydrogen-bond acceptors (Lipinski definition) is 4. The van der Waals surface area contributed by atoms with Crippen LogP contribution in [-0.2, 0) is 4.79 Å². The average Bonchev–Trinajstić information content (AvgIpc) is 3.05. The van der Waals surface area contributed by atoms with Gasteiger partial charge in [-0.25, -0.2) is 4.99 Å². The predicted octanol–water partition coefficient (Wildman–Crippen LogP) is 3.66. The zero-order chi connectivity index (χ0) is 20.4. The molecule has 6 nitrogen and oxygen atoms in total. The quantitative estimate of drug-likeness (QED) is 0.699. The summed E-state index contributed by atoms with van der Waals surface area (Å²) in [5.74, 6) is -0.642. The third kappa shape index (κ3) is 3.21. The molecule has 29 heavy (non-hydrogen) atoms. The van der Waals surface area contributed by atoms with Crippen LogP contribution in [0.25, 0.3) is 0 Å². The highest BCUT2D eigenvalue weighted by molar-refractivity contribution is 6.56. The van der Waals surface area contributed by atoms with Crippen LogP contribution >= 0.6 is 0 Å². The number of carbonyl (C=O) groups is 3. The van der Waals surface area contributed by atoms with E-state index in [1.54, 1.807) is 11.0 Å². The van der Waals surface area contributed by atoms with E-state index in [9.17, 15) is 14.4 Å². The van der Waals surface area contributed by atoms with Gasteiger partial charge in [0.05, 0.1) is 16.9 Å². The number of aldehydes is 1. The molecule has 0 spiro atoms. The molecule has 0 unspecified atom stereocenters. The van der Waals surface area contributed by atoms with Gasteiger partial charge in [-0.05, 0) is 36.4 Å². The van der Waals surface area contributed by atoms with Gasteiger partial charge in [0, 0.05) is 23.9 Å². The molecule has 1 aliphatic rings. The predicted molar refractivity (Wildman–Crippen MR) is 111 cm³/mol. The molecule has 0 aliphatic carbocycles. The van der Waals surface area contributed by atoms with Crippen LogP contribution in [0, 0.1) is 0 Å². The summed E-state index contributed by atoms with van der Waals surface area (Å²) in [5.41, 5.74) is 3.38. The minimum atomic E-state index is -0.391. The maximum atomic E-state index is 13.2. The van der Waals surface area contributed by atoms with Gasteiger partial charge in [0.25, 0.3) is 11.8 Å². The monoisotopic (exact) mass is 383 g/mol. The van der Waals surface area contributed by atoms with Crippen molar-refractivity contribution in [1.82, 2.24) is 5.32 Å². The Morgan fingerprint density at radius 2 is 1.72 bits per heavy atom. The van der Waals surface area contributed by atoms with Gasteiger partial charge in [0.15, 0.2) is 6.29 Å². The maximum Gasteiger partial charge on any atom is 0.282 e. The van der Waals surface area contributed by atoms with E-state index in [1.807, 2.05) is 54.6 Å². The van der Waals surface area contributed by atoms with Crippen molar-refractivity contribution in [2.24, 2.45) is 4.99 Å². The van der Waals surface area contributed by atoms with Gasteiger partial charge in [0.2, 0.25) is 0 Å². The first-order valence-corrected chi connectivity index (χ1v) is 9.03. The number of carbonyl (C=O) groups excluding carboxylic acids is 3. The fourth-order valence-electron chi connectivity index (χ4n) is 3.32. The number of anilines is 2. The van der Waals surface area contributed by atoms with Crippen LogP contribution in [0.5, 0.6) is 0 Å². The van der Waals surface area contributed by atoms with Gasteiger partial charge >= 0.3 is 0 Å². The Hall–Kier alpha value is -4.06. The lowest BCUT2D eigenvalue weighted by Gasteiger charge is -2.16. The molecule has 1 aliphatic heterocycles. The van der Waals surface area contributed by atoms with Gasteiger partial charge in [-0.15, -0.1) is 0 Å². The topological polar surface area (TPSA) is 78.8 Å². The third-order valence-corrected chi connectivity index (χ3v) is 4.70. The van der Waals surface area contributed by atoms with Crippen LogP contribution in [0.3, 0.4) is 0 Å². The first-order chi connectivity index (χ1) is 14.1. The van der Waals surface area contributed by atoms with Gasteiger partial charge in [-0.2, -0.15) is 0 Å². The van der Waals surface area contributed by atoms with E-state index < -0.39 is 5.91 Å². The van der Waals surface area contributed by atoms with Crippen molar-refractivity contribution in [2.45, 2.75) is 0 Å². The van der Waals surface area contributed by atoms with E-state index in [1.165, 1.54) is 19.2 Å². The molecule has 6 heteroatoms. The molecule has 1 N–H and O–H groups in total. The average molecular weight is 383 g/mol. The summed E-state index contributed by atoms with van der Waals surface area (Å²) in [6.07, 6.45) is 0.620. The Morgan fingerprint density at radius 1 is 1.00 bits per heavy atom. The second-order valence-electron chi connectivity index (χ2n) is 6.42. The van der Waals surface area contributed by atoms with Crippen LogP contribution in [0.15, 0.2) is 77.8 Å². The second kappa shape index (κ2) is 7.52. The molecule has 3 aromatic carbocycles. The van der Waals surface area contributed by atoms with Gasteiger partial charge in [-0.3, -0.25) is 19.3 Å². The molecule has 0 fully saturated rings. The molecule has 0 bridgehead atoms. The summed E-state index contributed by atoms with van der Waals surface area (Å²) < 4.78 is 0. The lowest BCUT2D eigenvalue weighted by atomic mass is 10.1. The highest BCUT2D eigenvalue weighted by atomic mass is 16.2. The minimum Gasteiger partial charge on any atom is -0.355 e. The van der Waals surface area contributed by atoms with Crippen molar-refractivity contribution in [3.63, 3.8) is 0 Å². The summed E-state index contributed by atoms with van der Waals surface area (Å²) in [7, 11) is 1.49. The molecule has 0 saturated heterocycles. The Labute approximate surface area is 167 Å². The first kappa shape index (κ1) is 18.3. The Balaban J connectivity index is 1.83. The van der Waals surface area contributed by atoms with Crippen LogP contribution in [0.1, 0.15) is 26.3 Å². The fourth-order valence-corrected chi connectivity index (χ4v) is 3.32. The summed E-state index contributed by atoms with van der Waals surface area (Å²) in [6.45, 7) is 0. The molecule has 1 heterocycles. The Bertz CT molecular complexity index is 1150. The van der Waals surface area contributed by atoms with E-state index in [4.69, 9.17) is 0 Å². The van der Waals surface area contributed by atoms with Crippen molar-refractivity contribution >= 4 is 40.9 Å². The molecular formula is C23H17N3O3. The van der Waals surface area contributed by atoms with E-state index in [2.05, 4.69) is 10.3 Å². The van der Waals surface area contributed by atoms with Crippen molar-refractivity contribution < 1.29 is 14.4 Å². The number of fused-ring (bicyclic) bond motifs is 1. The molecule has 2 amide bonds. The van der Waals surface area contributed by atoms with Gasteiger partial charge < -0.3 is 5.32 Å². The zero-order valence-electron chi connectivity index (χ0n) is 15.6. The van der Waals surface area contributed by atoms with Crippen molar-refractivity contribution in [3.8, 4) is 0 Å². The second-order valence-corrected chi connectivity index (χ2v) is 6.42. The summed E-state index contributed by atoms with van der Waals surface area (Å²) in [5, 5.41) is 2.51. The molecule has 3 aromatic rings. The molecular weight excluding hydrogens is 366 g/mol. The van der Waals surface area contributed by atoms with E-state index >= 15 is 0 Å². The van der Waals surface area contributed by atoms with Crippen LogP contribution in [-0.4, -0.2) is 30.9 Å². The van der Waals surface area contributed by atoms with Crippen molar-refractivity contribution in [3.05, 3.63) is 89.5 Å². The van der Waals surface area contributed by atoms with Crippen LogP contribution in [0.4, 0.5) is 17.1 Å². The number of amides is 2. The largest absolute Gasteiger partial charge is 0.355 e. The molecule has 0 atom stereocenters. The zero-order valence-corrected chi connectivity index (χ0v) is 15.6. The maximum absolute atomic E-state index is 13.2. The highest BCUT2D eigenvalue weighted by Gasteiger charge is 2.34. The van der Waals surface area contributed by atoms with Crippen molar-refractivity contribution in [1.29, 1.82) is 0 Å². The fraction of sp³-hybridized carbons (Fsp3) is 0.0435. The van der Waals surface area contributed by atoms with Crippen molar-refractivity contribution in [2.75, 3.05) is 11.9 Å². The third-order valence-electron chi connectivity index (χ3n) is 4.70. The number of hydrogen-bond donors (Lipinski definition) is 1. The number of benzene rings is 3. The summed E-state index contributed by atoms with van der Waals surface area (Å²) in [6, 6.07) is 21.4. The Kier molecular flexibility index (Phi) is 4.75. The molecule has 0 aromatic heterocycles. The van der Waals surface area contributed by atoms with E-state index in [0.717, 1.165) is 11.4 Å². The Morgan fingerprint density at radius 3 is 2.45 bits per heavy atom. The number of aliphatic imine (C=N–C) groups is 1. The summed E-state index contributed by atoms with van der Waals surface area (Å²) >= 11 is 0. The lowest BCUT2D eigenvalue weighted by molar-refractivity contribution is -0.111. The van der Waals surface area contributed by atoms with Gasteiger partial charge in [0.1, 0.15) is 5.71 Å². The first-order valence-electron chi connectivity index (χ1n) is 9.03. The SMILES string of the molecule is CNC(=O)c1cc(/N=C2\C(=O)N(c3ccccc3)c3ccccc32)ccc1C=O. The van der Waals surface area contributed by atoms with Crippen LogP contribution < -0.4 is 10.2 Å². The number of para-hydroxylation sites is 2. The number of nitrogens with one attached hydrogen (secondary N) is 1. The lowest BCUT2D eigenvalue weighted by Crippen LogP contribution is -2.25. The normalized spacial score (nSPS) is 14.0. The van der Waals surface area contributed by atoms with E-state index in [-0.39, 0.29) is 22.7 Å². The number of nitrogens with zero attached hydrogens (tertiary/aromatic N) is 2. The molecule has 142 valence electrons.